The molecule has 1 aromatic heterocycles. The first-order chi connectivity index (χ1) is 14.4. The van der Waals surface area contributed by atoms with Crippen molar-refractivity contribution in [2.75, 3.05) is 19.0 Å². The fraction of sp³-hybridized carbons (Fsp3) is 0.190. The van der Waals surface area contributed by atoms with Gasteiger partial charge in [0.25, 0.3) is 11.8 Å². The number of fused-ring (bicyclic) bond motifs is 1. The number of nitrogens with one attached hydrogen (secondary N) is 3. The number of carbonyl (C=O) groups is 2. The highest BCUT2D eigenvalue weighted by molar-refractivity contribution is 7.80. The van der Waals surface area contributed by atoms with E-state index in [-0.39, 0.29) is 11.0 Å². The summed E-state index contributed by atoms with van der Waals surface area (Å²) in [7, 11) is 1.58. The van der Waals surface area contributed by atoms with Crippen molar-refractivity contribution in [2.45, 2.75) is 13.3 Å². The van der Waals surface area contributed by atoms with Gasteiger partial charge in [-0.05, 0) is 61.1 Å². The second kappa shape index (κ2) is 9.88. The molecule has 0 fully saturated rings. The van der Waals surface area contributed by atoms with Gasteiger partial charge in [-0.25, -0.2) is 0 Å². The van der Waals surface area contributed by atoms with E-state index in [9.17, 15) is 9.59 Å². The highest BCUT2D eigenvalue weighted by atomic mass is 35.5. The van der Waals surface area contributed by atoms with Gasteiger partial charge in [0, 0.05) is 27.9 Å². The minimum Gasteiger partial charge on any atom is -0.497 e. The summed E-state index contributed by atoms with van der Waals surface area (Å²) in [5.41, 5.74) is 1.20. The van der Waals surface area contributed by atoms with Crippen molar-refractivity contribution in [3.63, 3.8) is 0 Å². The summed E-state index contributed by atoms with van der Waals surface area (Å²) in [5.74, 6) is 0.167. The molecule has 0 bridgehead atoms. The van der Waals surface area contributed by atoms with Crippen LogP contribution in [0.25, 0.3) is 10.1 Å². The predicted octanol–water partition coefficient (Wildman–Crippen LogP) is 4.83. The quantitative estimate of drug-likeness (QED) is 0.458. The molecule has 1 heterocycles. The van der Waals surface area contributed by atoms with Crippen LogP contribution in [0.2, 0.25) is 5.02 Å². The lowest BCUT2D eigenvalue weighted by Gasteiger charge is -2.10. The number of benzene rings is 2. The Kier molecular flexibility index (Phi) is 7.25. The first kappa shape index (κ1) is 22.0. The molecule has 9 heteroatoms. The zero-order valence-corrected chi connectivity index (χ0v) is 18.8. The SMILES string of the molecule is CCCNC(=O)c1ccc(NC(=S)NC(=O)c2sc3cc(OC)ccc3c2Cl)cc1. The van der Waals surface area contributed by atoms with Crippen LogP contribution in [0.4, 0.5) is 5.69 Å². The Morgan fingerprint density at radius 3 is 2.53 bits per heavy atom. The summed E-state index contributed by atoms with van der Waals surface area (Å²) < 4.78 is 6.06. The number of anilines is 1. The van der Waals surface area contributed by atoms with Gasteiger partial charge in [0.15, 0.2) is 5.11 Å². The van der Waals surface area contributed by atoms with E-state index in [1.165, 1.54) is 11.3 Å². The molecule has 0 saturated carbocycles. The number of amides is 2. The van der Waals surface area contributed by atoms with Gasteiger partial charge in [-0.15, -0.1) is 11.3 Å². The van der Waals surface area contributed by atoms with E-state index in [2.05, 4.69) is 16.0 Å². The Morgan fingerprint density at radius 1 is 1.13 bits per heavy atom. The molecule has 0 spiro atoms. The lowest BCUT2D eigenvalue weighted by atomic mass is 10.2. The van der Waals surface area contributed by atoms with E-state index in [0.717, 1.165) is 16.5 Å². The molecule has 0 aliphatic heterocycles. The van der Waals surface area contributed by atoms with Crippen LogP contribution in [0.5, 0.6) is 5.75 Å². The highest BCUT2D eigenvalue weighted by Crippen LogP contribution is 2.37. The van der Waals surface area contributed by atoms with Crippen LogP contribution in [-0.2, 0) is 0 Å². The summed E-state index contributed by atoms with van der Waals surface area (Å²) >= 11 is 12.9. The largest absolute Gasteiger partial charge is 0.497 e. The minimum atomic E-state index is -0.395. The van der Waals surface area contributed by atoms with E-state index >= 15 is 0 Å². The molecule has 156 valence electrons. The van der Waals surface area contributed by atoms with Crippen molar-refractivity contribution in [1.29, 1.82) is 0 Å². The Balaban J connectivity index is 1.65. The number of methoxy groups -OCH3 is 1. The van der Waals surface area contributed by atoms with E-state index in [0.29, 0.717) is 33.4 Å². The molecule has 2 aromatic carbocycles. The number of rotatable bonds is 6. The zero-order chi connectivity index (χ0) is 21.7. The van der Waals surface area contributed by atoms with E-state index in [1.54, 1.807) is 37.4 Å². The molecule has 0 saturated heterocycles. The average Bonchev–Trinajstić information content (AvgIpc) is 3.08. The molecular weight excluding hydrogens is 442 g/mol. The number of carbonyl (C=O) groups excluding carboxylic acids is 2. The van der Waals surface area contributed by atoms with Crippen LogP contribution < -0.4 is 20.7 Å². The van der Waals surface area contributed by atoms with Crippen molar-refractivity contribution in [2.24, 2.45) is 0 Å². The molecule has 3 rings (SSSR count). The summed E-state index contributed by atoms with van der Waals surface area (Å²) in [4.78, 5) is 25.0. The molecule has 2 amide bonds. The monoisotopic (exact) mass is 461 g/mol. The summed E-state index contributed by atoms with van der Waals surface area (Å²) in [5, 5.41) is 9.68. The number of ether oxygens (including phenoxy) is 1. The third-order valence-electron chi connectivity index (χ3n) is 4.21. The van der Waals surface area contributed by atoms with Gasteiger partial charge in [-0.3, -0.25) is 14.9 Å². The topological polar surface area (TPSA) is 79.5 Å². The Labute approximate surface area is 188 Å². The van der Waals surface area contributed by atoms with E-state index in [4.69, 9.17) is 28.6 Å². The maximum atomic E-state index is 12.6. The van der Waals surface area contributed by atoms with Gasteiger partial charge in [0.1, 0.15) is 10.6 Å². The van der Waals surface area contributed by atoms with Gasteiger partial charge >= 0.3 is 0 Å². The van der Waals surface area contributed by atoms with Gasteiger partial charge < -0.3 is 15.4 Å². The Bertz CT molecular complexity index is 1100. The molecule has 30 heavy (non-hydrogen) atoms. The molecule has 6 nitrogen and oxygen atoms in total. The number of halogens is 1. The van der Waals surface area contributed by atoms with E-state index in [1.807, 2.05) is 19.1 Å². The minimum absolute atomic E-state index is 0.129. The van der Waals surface area contributed by atoms with Crippen LogP contribution in [0.3, 0.4) is 0 Å². The third kappa shape index (κ3) is 5.08. The number of thiophene rings is 1. The second-order valence-corrected chi connectivity index (χ2v) is 8.19. The van der Waals surface area contributed by atoms with Crippen LogP contribution in [0, 0.1) is 0 Å². The van der Waals surface area contributed by atoms with Crippen molar-refractivity contribution in [3.8, 4) is 5.75 Å². The van der Waals surface area contributed by atoms with Crippen LogP contribution >= 0.6 is 35.2 Å². The van der Waals surface area contributed by atoms with Crippen molar-refractivity contribution >= 4 is 67.9 Å². The standard InChI is InChI=1S/C21H20ClN3O3S2/c1-3-10-23-19(26)12-4-6-13(7-5-12)24-21(29)25-20(27)18-17(22)15-9-8-14(28-2)11-16(15)30-18/h4-9,11H,3,10H2,1-2H3,(H,23,26)(H2,24,25,27,29). The fourth-order valence-electron chi connectivity index (χ4n) is 2.69. The normalized spacial score (nSPS) is 10.5. The second-order valence-electron chi connectivity index (χ2n) is 6.35. The first-order valence-electron chi connectivity index (χ1n) is 9.19. The maximum Gasteiger partial charge on any atom is 0.269 e. The molecule has 0 aliphatic carbocycles. The number of thiocarbonyl (C=S) groups is 1. The third-order valence-corrected chi connectivity index (χ3v) is 6.07. The van der Waals surface area contributed by atoms with Gasteiger partial charge in [0.2, 0.25) is 0 Å². The molecule has 0 radical (unpaired) electrons. The van der Waals surface area contributed by atoms with Crippen LogP contribution in [-0.4, -0.2) is 30.6 Å². The predicted molar refractivity (Wildman–Crippen MR) is 126 cm³/mol. The van der Waals surface area contributed by atoms with Gasteiger partial charge in [-0.1, -0.05) is 18.5 Å². The molecule has 3 N–H and O–H groups in total. The van der Waals surface area contributed by atoms with Crippen LogP contribution in [0.1, 0.15) is 33.4 Å². The van der Waals surface area contributed by atoms with Gasteiger partial charge in [0.05, 0.1) is 12.1 Å². The Morgan fingerprint density at radius 2 is 1.87 bits per heavy atom. The Hall–Kier alpha value is -2.68. The lowest BCUT2D eigenvalue weighted by Crippen LogP contribution is -2.33. The average molecular weight is 462 g/mol. The van der Waals surface area contributed by atoms with Gasteiger partial charge in [-0.2, -0.15) is 0 Å². The summed E-state index contributed by atoms with van der Waals surface area (Å²) in [6.07, 6.45) is 0.872. The number of hydrogen-bond donors (Lipinski definition) is 3. The van der Waals surface area contributed by atoms with Crippen molar-refractivity contribution in [3.05, 3.63) is 57.9 Å². The smallest absolute Gasteiger partial charge is 0.269 e. The van der Waals surface area contributed by atoms with Crippen molar-refractivity contribution < 1.29 is 14.3 Å². The number of hydrogen-bond acceptors (Lipinski definition) is 5. The molecule has 0 atom stereocenters. The summed E-state index contributed by atoms with van der Waals surface area (Å²) in [6, 6.07) is 12.3. The zero-order valence-electron chi connectivity index (χ0n) is 16.4. The molecule has 3 aromatic rings. The summed E-state index contributed by atoms with van der Waals surface area (Å²) in [6.45, 7) is 2.62. The fourth-order valence-corrected chi connectivity index (χ4v) is 4.34. The molecule has 0 aliphatic rings. The molecular formula is C21H20ClN3O3S2. The maximum absolute atomic E-state index is 12.6. The van der Waals surface area contributed by atoms with Crippen molar-refractivity contribution in [1.82, 2.24) is 10.6 Å². The highest BCUT2D eigenvalue weighted by Gasteiger charge is 2.18. The molecule has 0 unspecified atom stereocenters. The van der Waals surface area contributed by atoms with Crippen LogP contribution in [0.15, 0.2) is 42.5 Å². The lowest BCUT2D eigenvalue weighted by molar-refractivity contribution is 0.0951. The first-order valence-corrected chi connectivity index (χ1v) is 10.8. The van der Waals surface area contributed by atoms with E-state index < -0.39 is 5.91 Å².